The van der Waals surface area contributed by atoms with Crippen molar-refractivity contribution in [1.82, 2.24) is 9.97 Å². The summed E-state index contributed by atoms with van der Waals surface area (Å²) in [5.74, 6) is 0.225. The highest BCUT2D eigenvalue weighted by Crippen LogP contribution is 2.40. The van der Waals surface area contributed by atoms with Crippen LogP contribution in [0, 0.1) is 5.92 Å². The van der Waals surface area contributed by atoms with E-state index in [1.807, 2.05) is 24.3 Å². The zero-order valence-electron chi connectivity index (χ0n) is 19.6. The fraction of sp³-hybridized carbons (Fsp3) is 0.357. The molecule has 1 aromatic heterocycles. The molecule has 3 saturated heterocycles. The summed E-state index contributed by atoms with van der Waals surface area (Å²) >= 11 is 0. The smallest absolute Gasteiger partial charge is 0.318 e. The highest BCUT2D eigenvalue weighted by Gasteiger charge is 2.49. The Morgan fingerprint density at radius 1 is 0.971 bits per heavy atom. The molecular weight excluding hydrogens is 440 g/mol. The van der Waals surface area contributed by atoms with E-state index in [9.17, 15) is 9.59 Å². The van der Waals surface area contributed by atoms with Gasteiger partial charge in [-0.2, -0.15) is 0 Å². The van der Waals surface area contributed by atoms with Crippen molar-refractivity contribution in [3.05, 3.63) is 89.4 Å². The molecule has 2 aromatic carbocycles. The molecule has 7 nitrogen and oxygen atoms in total. The third kappa shape index (κ3) is 4.21. The van der Waals surface area contributed by atoms with Gasteiger partial charge in [-0.25, -0.2) is 9.97 Å². The summed E-state index contributed by atoms with van der Waals surface area (Å²) in [5, 5.41) is 2.88. The Hall–Kier alpha value is -3.58. The molecule has 1 N–H and O–H groups in total. The van der Waals surface area contributed by atoms with E-state index in [0.717, 1.165) is 43.5 Å². The number of benzene rings is 2. The zero-order chi connectivity index (χ0) is 23.8. The number of nitrogens with zero attached hydrogens (tertiary/aromatic N) is 3. The van der Waals surface area contributed by atoms with Crippen molar-refractivity contribution in [1.29, 1.82) is 0 Å². The van der Waals surface area contributed by atoms with Gasteiger partial charge in [-0.15, -0.1) is 0 Å². The van der Waals surface area contributed by atoms with Crippen LogP contribution in [0.25, 0.3) is 0 Å². The number of hydrogen-bond acceptors (Lipinski definition) is 5. The van der Waals surface area contributed by atoms with Crippen molar-refractivity contribution in [2.45, 2.75) is 31.3 Å². The van der Waals surface area contributed by atoms with Crippen molar-refractivity contribution in [3.63, 3.8) is 0 Å². The molecule has 2 bridgehead atoms. The van der Waals surface area contributed by atoms with Crippen LogP contribution in [0.3, 0.4) is 0 Å². The number of carbonyl (C=O) groups excluding carboxylic acids is 2. The molecule has 7 heteroatoms. The van der Waals surface area contributed by atoms with Crippen LogP contribution in [0.2, 0.25) is 0 Å². The molecule has 1 amide bonds. The minimum atomic E-state index is -0.402. The Morgan fingerprint density at radius 3 is 2.31 bits per heavy atom. The summed E-state index contributed by atoms with van der Waals surface area (Å²) in [6.07, 6.45) is 5.64. The molecule has 0 spiro atoms. The summed E-state index contributed by atoms with van der Waals surface area (Å²) < 4.78 is 6.95. The number of quaternary nitrogens is 1. The van der Waals surface area contributed by atoms with Crippen molar-refractivity contribution >= 4 is 17.7 Å². The van der Waals surface area contributed by atoms with E-state index in [2.05, 4.69) is 39.6 Å². The first kappa shape index (κ1) is 21.9. The quantitative estimate of drug-likeness (QED) is 0.458. The number of aromatic nitrogens is 2. The van der Waals surface area contributed by atoms with Crippen LogP contribution in [0.15, 0.2) is 67.1 Å². The minimum Gasteiger partial charge on any atom is -0.455 e. The number of piperidine rings is 3. The average Bonchev–Trinajstić information content (AvgIpc) is 2.88. The number of rotatable bonds is 5. The van der Waals surface area contributed by atoms with Crippen LogP contribution in [-0.4, -0.2) is 58.6 Å². The van der Waals surface area contributed by atoms with E-state index in [1.54, 1.807) is 12.3 Å². The molecule has 0 saturated carbocycles. The lowest BCUT2D eigenvalue weighted by Crippen LogP contribution is -2.66. The lowest BCUT2D eigenvalue weighted by Gasteiger charge is -2.51. The number of anilines is 1. The summed E-state index contributed by atoms with van der Waals surface area (Å²) in [5.41, 5.74) is 4.47. The Bertz CT molecular complexity index is 1210. The molecule has 4 aliphatic rings. The van der Waals surface area contributed by atoms with Gasteiger partial charge >= 0.3 is 5.97 Å². The molecule has 1 atom stereocenters. The number of esters is 1. The van der Waals surface area contributed by atoms with Crippen LogP contribution < -0.4 is 5.32 Å². The summed E-state index contributed by atoms with van der Waals surface area (Å²) in [4.78, 5) is 34.5. The van der Waals surface area contributed by atoms with Crippen LogP contribution in [0.4, 0.5) is 5.82 Å². The van der Waals surface area contributed by atoms with Crippen molar-refractivity contribution in [3.8, 4) is 0 Å². The van der Waals surface area contributed by atoms with Gasteiger partial charge in [0.2, 0.25) is 0 Å². The van der Waals surface area contributed by atoms with Gasteiger partial charge in [0, 0.05) is 25.0 Å². The summed E-state index contributed by atoms with van der Waals surface area (Å²) in [6, 6.07) is 18.1. The number of carbonyl (C=O) groups is 2. The standard InChI is InChI=1S/C28H28N4O3/c33-26(31-25-9-12-29-18-30-25)17-32-13-10-19(11-14-32)24(16-32)35-28(34)27-22-7-3-1-5-20(22)15-21-6-2-4-8-23(21)27/h1-9,12,18-19,24,27H,10-11,13-17H2/p+1/t19?,24-,32?/m0/s1. The molecule has 178 valence electrons. The highest BCUT2D eigenvalue weighted by atomic mass is 16.5. The molecule has 7 rings (SSSR count). The maximum absolute atomic E-state index is 13.7. The SMILES string of the molecule is O=C(C[N+]12CCC(CC1)[C@@H](OC(=O)C1c3ccccc3Cc3ccccc31)C2)Nc1ccncn1. The monoisotopic (exact) mass is 469 g/mol. The van der Waals surface area contributed by atoms with E-state index in [0.29, 0.717) is 29.3 Å². The Balaban J connectivity index is 1.19. The average molecular weight is 470 g/mol. The van der Waals surface area contributed by atoms with Crippen molar-refractivity contribution in [2.24, 2.45) is 5.92 Å². The largest absolute Gasteiger partial charge is 0.455 e. The minimum absolute atomic E-state index is 0.0655. The fourth-order valence-electron chi connectivity index (χ4n) is 6.23. The first-order valence-corrected chi connectivity index (χ1v) is 12.4. The molecule has 3 aromatic rings. The second-order valence-electron chi connectivity index (χ2n) is 10.1. The predicted molar refractivity (Wildman–Crippen MR) is 131 cm³/mol. The predicted octanol–water partition coefficient (Wildman–Crippen LogP) is 3.30. The number of hydrogen-bond donors (Lipinski definition) is 1. The molecular formula is C28H29N4O3+. The molecule has 35 heavy (non-hydrogen) atoms. The third-order valence-electron chi connectivity index (χ3n) is 7.99. The van der Waals surface area contributed by atoms with E-state index in [4.69, 9.17) is 4.74 Å². The van der Waals surface area contributed by atoms with Crippen molar-refractivity contribution in [2.75, 3.05) is 31.5 Å². The van der Waals surface area contributed by atoms with Gasteiger partial charge in [0.05, 0.1) is 13.1 Å². The molecule has 3 fully saturated rings. The fourth-order valence-corrected chi connectivity index (χ4v) is 6.23. The van der Waals surface area contributed by atoms with E-state index < -0.39 is 5.92 Å². The number of fused-ring (bicyclic) bond motifs is 5. The lowest BCUT2D eigenvalue weighted by atomic mass is 9.78. The molecule has 0 unspecified atom stereocenters. The van der Waals surface area contributed by atoms with E-state index >= 15 is 0 Å². The highest BCUT2D eigenvalue weighted by molar-refractivity contribution is 5.90. The number of nitrogens with one attached hydrogen (secondary N) is 1. The van der Waals surface area contributed by atoms with Crippen LogP contribution >= 0.6 is 0 Å². The molecule has 1 aliphatic carbocycles. The van der Waals surface area contributed by atoms with Gasteiger partial charge in [-0.3, -0.25) is 9.59 Å². The maximum Gasteiger partial charge on any atom is 0.318 e. The molecule has 3 aliphatic heterocycles. The van der Waals surface area contributed by atoms with Gasteiger partial charge in [0.1, 0.15) is 24.6 Å². The number of amides is 1. The lowest BCUT2D eigenvalue weighted by molar-refractivity contribution is -0.938. The van der Waals surface area contributed by atoms with Crippen LogP contribution in [-0.2, 0) is 20.7 Å². The van der Waals surface area contributed by atoms with Gasteiger partial charge in [-0.05, 0) is 34.7 Å². The maximum atomic E-state index is 13.7. The van der Waals surface area contributed by atoms with E-state index in [-0.39, 0.29) is 18.0 Å². The van der Waals surface area contributed by atoms with E-state index in [1.165, 1.54) is 17.5 Å². The summed E-state index contributed by atoms with van der Waals surface area (Å²) in [7, 11) is 0. The Labute approximate surface area is 204 Å². The zero-order valence-corrected chi connectivity index (χ0v) is 19.6. The second kappa shape index (κ2) is 8.89. The van der Waals surface area contributed by atoms with Gasteiger partial charge < -0.3 is 14.5 Å². The van der Waals surface area contributed by atoms with Crippen molar-refractivity contribution < 1.29 is 18.8 Å². The third-order valence-corrected chi connectivity index (χ3v) is 7.99. The second-order valence-corrected chi connectivity index (χ2v) is 10.1. The van der Waals surface area contributed by atoms with Crippen LogP contribution in [0.1, 0.15) is 41.0 Å². The van der Waals surface area contributed by atoms with Gasteiger partial charge in [0.15, 0.2) is 12.6 Å². The van der Waals surface area contributed by atoms with Gasteiger partial charge in [-0.1, -0.05) is 48.5 Å². The molecule has 0 radical (unpaired) electrons. The Morgan fingerprint density at radius 2 is 1.66 bits per heavy atom. The Kier molecular flexibility index (Phi) is 5.57. The number of ether oxygens (including phenoxy) is 1. The first-order chi connectivity index (χ1) is 17.1. The van der Waals surface area contributed by atoms with Crippen LogP contribution in [0.5, 0.6) is 0 Å². The summed E-state index contributed by atoms with van der Waals surface area (Å²) in [6.45, 7) is 2.92. The molecule has 4 heterocycles. The first-order valence-electron chi connectivity index (χ1n) is 12.4. The van der Waals surface area contributed by atoms with Gasteiger partial charge in [0.25, 0.3) is 5.91 Å². The topological polar surface area (TPSA) is 81.2 Å². The normalized spacial score (nSPS) is 24.8.